The number of hydrogen-bond acceptors (Lipinski definition) is 4. The molecule has 130 valence electrons. The molecule has 3 rings (SSSR count). The molecule has 0 unspecified atom stereocenters. The molecule has 0 spiro atoms. The van der Waals surface area contributed by atoms with Crippen molar-refractivity contribution in [1.29, 1.82) is 0 Å². The molecule has 2 aliphatic rings. The molecule has 6 heteroatoms. The fourth-order valence-electron chi connectivity index (χ4n) is 3.42. The maximum Gasteiger partial charge on any atom is 0.248 e. The van der Waals surface area contributed by atoms with E-state index in [0.29, 0.717) is 19.5 Å². The van der Waals surface area contributed by atoms with Gasteiger partial charge in [0.1, 0.15) is 6.61 Å². The summed E-state index contributed by atoms with van der Waals surface area (Å²) in [4.78, 5) is 30.3. The zero-order valence-corrected chi connectivity index (χ0v) is 14.2. The first-order valence-corrected chi connectivity index (χ1v) is 8.56. The molecule has 0 radical (unpaired) electrons. The lowest BCUT2D eigenvalue weighted by atomic mass is 10.2. The van der Waals surface area contributed by atoms with Crippen molar-refractivity contribution in [2.75, 3.05) is 57.9 Å². The van der Waals surface area contributed by atoms with Crippen molar-refractivity contribution in [3.05, 3.63) is 29.8 Å². The van der Waals surface area contributed by atoms with Crippen LogP contribution < -0.4 is 4.90 Å². The number of fused-ring (bicyclic) bond motifs is 1. The summed E-state index contributed by atoms with van der Waals surface area (Å²) in [6, 6.07) is 8.14. The molecule has 2 aliphatic heterocycles. The van der Waals surface area contributed by atoms with Gasteiger partial charge in [-0.05, 0) is 18.1 Å². The van der Waals surface area contributed by atoms with Gasteiger partial charge in [-0.2, -0.15) is 0 Å². The number of nitrogens with zero attached hydrogens (tertiary/aromatic N) is 3. The number of amides is 2. The van der Waals surface area contributed by atoms with Crippen LogP contribution >= 0.6 is 0 Å². The Morgan fingerprint density at radius 3 is 2.54 bits per heavy atom. The summed E-state index contributed by atoms with van der Waals surface area (Å²) < 4.78 is 4.89. The summed E-state index contributed by atoms with van der Waals surface area (Å²) in [6.45, 7) is 4.75. The van der Waals surface area contributed by atoms with E-state index in [1.807, 2.05) is 28.0 Å². The summed E-state index contributed by atoms with van der Waals surface area (Å²) in [5.74, 6) is 0.236. The van der Waals surface area contributed by atoms with Crippen molar-refractivity contribution in [2.45, 2.75) is 12.8 Å². The fraction of sp³-hybridized carbons (Fsp3) is 0.556. The summed E-state index contributed by atoms with van der Waals surface area (Å²) in [6.07, 6.45) is 1.47. The second-order valence-electron chi connectivity index (χ2n) is 6.33. The number of rotatable bonds is 5. The van der Waals surface area contributed by atoms with Crippen molar-refractivity contribution in [2.24, 2.45) is 0 Å². The van der Waals surface area contributed by atoms with Crippen LogP contribution in [0.15, 0.2) is 24.3 Å². The Morgan fingerprint density at radius 2 is 1.79 bits per heavy atom. The second kappa shape index (κ2) is 7.77. The Morgan fingerprint density at radius 1 is 1.04 bits per heavy atom. The largest absolute Gasteiger partial charge is 0.375 e. The highest BCUT2D eigenvalue weighted by atomic mass is 16.5. The van der Waals surface area contributed by atoms with Crippen LogP contribution in [0.3, 0.4) is 0 Å². The molecule has 0 saturated carbocycles. The zero-order valence-electron chi connectivity index (χ0n) is 14.2. The van der Waals surface area contributed by atoms with Gasteiger partial charge >= 0.3 is 0 Å². The molecule has 0 N–H and O–H groups in total. The minimum atomic E-state index is 0.0434. The lowest BCUT2D eigenvalue weighted by Crippen LogP contribution is -2.50. The van der Waals surface area contributed by atoms with E-state index >= 15 is 0 Å². The number of para-hydroxylation sites is 1. The van der Waals surface area contributed by atoms with E-state index in [1.165, 1.54) is 12.7 Å². The molecule has 1 aromatic rings. The predicted octanol–water partition coefficient (Wildman–Crippen LogP) is 0.756. The van der Waals surface area contributed by atoms with Crippen molar-refractivity contribution >= 4 is 17.5 Å². The van der Waals surface area contributed by atoms with Crippen LogP contribution in [-0.4, -0.2) is 74.6 Å². The van der Waals surface area contributed by atoms with Crippen LogP contribution in [0.1, 0.15) is 12.0 Å². The Bertz CT molecular complexity index is 597. The molecule has 0 aromatic heterocycles. The van der Waals surface area contributed by atoms with Gasteiger partial charge in [0.15, 0.2) is 0 Å². The quantitative estimate of drug-likeness (QED) is 0.799. The summed E-state index contributed by atoms with van der Waals surface area (Å²) in [5, 5.41) is 0. The summed E-state index contributed by atoms with van der Waals surface area (Å²) in [7, 11) is 1.54. The van der Waals surface area contributed by atoms with E-state index in [4.69, 9.17) is 4.74 Å². The number of hydrogen-bond donors (Lipinski definition) is 0. The van der Waals surface area contributed by atoms with Gasteiger partial charge in [-0.25, -0.2) is 0 Å². The highest BCUT2D eigenvalue weighted by Crippen LogP contribution is 2.27. The number of ether oxygens (including phenoxy) is 1. The molecule has 0 bridgehead atoms. The van der Waals surface area contributed by atoms with Crippen LogP contribution in [0, 0.1) is 0 Å². The van der Waals surface area contributed by atoms with Gasteiger partial charge in [0.05, 0.1) is 0 Å². The minimum Gasteiger partial charge on any atom is -0.375 e. The third-order valence-corrected chi connectivity index (χ3v) is 4.82. The lowest BCUT2D eigenvalue weighted by molar-refractivity contribution is -0.137. The molecule has 6 nitrogen and oxygen atoms in total. The second-order valence-corrected chi connectivity index (χ2v) is 6.33. The van der Waals surface area contributed by atoms with E-state index in [0.717, 1.165) is 38.3 Å². The predicted molar refractivity (Wildman–Crippen MR) is 92.0 cm³/mol. The highest BCUT2D eigenvalue weighted by molar-refractivity contribution is 5.95. The molecule has 1 aromatic carbocycles. The normalized spacial score (nSPS) is 17.9. The summed E-state index contributed by atoms with van der Waals surface area (Å²) >= 11 is 0. The minimum absolute atomic E-state index is 0.0434. The molecule has 2 amide bonds. The van der Waals surface area contributed by atoms with Gasteiger partial charge in [0, 0.05) is 58.5 Å². The average Bonchev–Trinajstić information content (AvgIpc) is 3.04. The van der Waals surface area contributed by atoms with E-state index < -0.39 is 0 Å². The van der Waals surface area contributed by atoms with Gasteiger partial charge in [0.25, 0.3) is 0 Å². The van der Waals surface area contributed by atoms with Crippen molar-refractivity contribution in [3.63, 3.8) is 0 Å². The van der Waals surface area contributed by atoms with Gasteiger partial charge in [0.2, 0.25) is 11.8 Å². The van der Waals surface area contributed by atoms with Crippen LogP contribution in [0.4, 0.5) is 5.69 Å². The van der Waals surface area contributed by atoms with E-state index in [2.05, 4.69) is 11.0 Å². The van der Waals surface area contributed by atoms with Gasteiger partial charge in [-0.1, -0.05) is 18.2 Å². The third-order valence-electron chi connectivity index (χ3n) is 4.82. The average molecular weight is 331 g/mol. The topological polar surface area (TPSA) is 53.1 Å². The Kier molecular flexibility index (Phi) is 5.48. The number of carbonyl (C=O) groups excluding carboxylic acids is 2. The SMILES string of the molecule is COCC(=O)N1CCN(CCC(=O)N2CCc3ccccc32)CC1. The first-order chi connectivity index (χ1) is 11.7. The first-order valence-electron chi connectivity index (χ1n) is 8.56. The Hall–Kier alpha value is -1.92. The molecule has 0 atom stereocenters. The van der Waals surface area contributed by atoms with Crippen molar-refractivity contribution in [3.8, 4) is 0 Å². The van der Waals surface area contributed by atoms with E-state index in [9.17, 15) is 9.59 Å². The van der Waals surface area contributed by atoms with E-state index in [1.54, 1.807) is 0 Å². The smallest absolute Gasteiger partial charge is 0.248 e. The third kappa shape index (κ3) is 3.76. The Balaban J connectivity index is 1.44. The van der Waals surface area contributed by atoms with E-state index in [-0.39, 0.29) is 18.4 Å². The van der Waals surface area contributed by atoms with Crippen molar-refractivity contribution < 1.29 is 14.3 Å². The zero-order chi connectivity index (χ0) is 16.9. The number of piperazine rings is 1. The van der Waals surface area contributed by atoms with Gasteiger partial charge < -0.3 is 14.5 Å². The van der Waals surface area contributed by atoms with Crippen LogP contribution in [-0.2, 0) is 20.7 Å². The first kappa shape index (κ1) is 16.9. The maximum absolute atomic E-state index is 12.5. The molecular weight excluding hydrogens is 306 g/mol. The number of anilines is 1. The molecule has 1 fully saturated rings. The number of carbonyl (C=O) groups is 2. The number of benzene rings is 1. The van der Waals surface area contributed by atoms with Crippen molar-refractivity contribution in [1.82, 2.24) is 9.80 Å². The monoisotopic (exact) mass is 331 g/mol. The maximum atomic E-state index is 12.5. The molecule has 0 aliphatic carbocycles. The standard InChI is InChI=1S/C18H25N3O3/c1-24-14-18(23)20-12-10-19(11-13-20)8-7-17(22)21-9-6-15-4-2-3-5-16(15)21/h2-5H,6-14H2,1H3. The number of methoxy groups -OCH3 is 1. The molecule has 1 saturated heterocycles. The van der Waals surface area contributed by atoms with Gasteiger partial charge in [-0.15, -0.1) is 0 Å². The summed E-state index contributed by atoms with van der Waals surface area (Å²) in [5.41, 5.74) is 2.33. The van der Waals surface area contributed by atoms with Crippen LogP contribution in [0.25, 0.3) is 0 Å². The molecular formula is C18H25N3O3. The lowest BCUT2D eigenvalue weighted by Gasteiger charge is -2.34. The van der Waals surface area contributed by atoms with Crippen LogP contribution in [0.5, 0.6) is 0 Å². The molecule has 24 heavy (non-hydrogen) atoms. The fourth-order valence-corrected chi connectivity index (χ4v) is 3.42. The van der Waals surface area contributed by atoms with Gasteiger partial charge in [-0.3, -0.25) is 14.5 Å². The van der Waals surface area contributed by atoms with Crippen LogP contribution in [0.2, 0.25) is 0 Å². The molecule has 2 heterocycles. The highest BCUT2D eigenvalue weighted by Gasteiger charge is 2.25. The Labute approximate surface area is 143 Å².